The summed E-state index contributed by atoms with van der Waals surface area (Å²) in [6.07, 6.45) is 1.87. The predicted molar refractivity (Wildman–Crippen MR) is 95.0 cm³/mol. The van der Waals surface area contributed by atoms with Crippen LogP contribution in [0.2, 0.25) is 0 Å². The quantitative estimate of drug-likeness (QED) is 0.871. The average molecular weight is 324 g/mol. The second kappa shape index (κ2) is 6.71. The number of nitrogens with one attached hydrogen (secondary N) is 1. The standard InChI is InChI=1S/C18H16N2O2S/c1-12-3-5-13(6-4-12)11-16-17(21)20-18(23-16)19-14-7-9-15(22-2)10-8-14/h3-11H,1-2H3,(H,19,20,21)/b16-11-. The number of hydrogen-bond donors (Lipinski definition) is 1. The van der Waals surface area contributed by atoms with Crippen LogP contribution in [0.5, 0.6) is 5.75 Å². The largest absolute Gasteiger partial charge is 0.497 e. The van der Waals surface area contributed by atoms with E-state index in [1.165, 1.54) is 17.3 Å². The Hall–Kier alpha value is -2.53. The molecule has 1 aliphatic rings. The number of carbonyl (C=O) groups is 1. The monoisotopic (exact) mass is 324 g/mol. The molecule has 0 unspecified atom stereocenters. The molecule has 5 heteroatoms. The third kappa shape index (κ3) is 3.81. The van der Waals surface area contributed by atoms with Crippen LogP contribution in [0, 0.1) is 6.92 Å². The molecule has 116 valence electrons. The molecule has 0 atom stereocenters. The zero-order valence-corrected chi connectivity index (χ0v) is 13.7. The third-order valence-corrected chi connectivity index (χ3v) is 4.24. The molecule has 2 aromatic rings. The highest BCUT2D eigenvalue weighted by Crippen LogP contribution is 2.28. The number of hydrogen-bond acceptors (Lipinski definition) is 4. The maximum atomic E-state index is 12.0. The molecular formula is C18H16N2O2S. The van der Waals surface area contributed by atoms with Gasteiger partial charge in [0.15, 0.2) is 5.17 Å². The second-order valence-electron chi connectivity index (χ2n) is 5.09. The van der Waals surface area contributed by atoms with E-state index in [0.29, 0.717) is 10.1 Å². The van der Waals surface area contributed by atoms with Crippen LogP contribution in [0.3, 0.4) is 0 Å². The summed E-state index contributed by atoms with van der Waals surface area (Å²) in [5.74, 6) is 0.653. The van der Waals surface area contributed by atoms with E-state index in [1.807, 2.05) is 61.5 Å². The van der Waals surface area contributed by atoms with Gasteiger partial charge in [-0.25, -0.2) is 4.99 Å². The van der Waals surface area contributed by atoms with E-state index in [1.54, 1.807) is 7.11 Å². The SMILES string of the molecule is COc1ccc(N=C2NC(=O)/C(=C/c3ccc(C)cc3)S2)cc1. The summed E-state index contributed by atoms with van der Waals surface area (Å²) in [7, 11) is 1.62. The van der Waals surface area contributed by atoms with Gasteiger partial charge in [-0.05, 0) is 54.6 Å². The number of aryl methyl sites for hydroxylation is 1. The number of aliphatic imine (C=N–C) groups is 1. The van der Waals surface area contributed by atoms with Gasteiger partial charge in [0.2, 0.25) is 0 Å². The number of amides is 1. The molecule has 1 saturated heterocycles. The molecule has 0 bridgehead atoms. The molecule has 4 nitrogen and oxygen atoms in total. The van der Waals surface area contributed by atoms with Gasteiger partial charge in [-0.15, -0.1) is 0 Å². The molecule has 1 N–H and O–H groups in total. The molecule has 1 heterocycles. The highest BCUT2D eigenvalue weighted by molar-refractivity contribution is 8.18. The van der Waals surface area contributed by atoms with Crippen molar-refractivity contribution in [2.24, 2.45) is 4.99 Å². The average Bonchev–Trinajstić information content (AvgIpc) is 2.90. The van der Waals surface area contributed by atoms with E-state index in [2.05, 4.69) is 10.3 Å². The summed E-state index contributed by atoms with van der Waals surface area (Å²) in [4.78, 5) is 17.1. The van der Waals surface area contributed by atoms with Crippen LogP contribution in [-0.2, 0) is 4.79 Å². The summed E-state index contributed by atoms with van der Waals surface area (Å²) < 4.78 is 5.12. The molecule has 0 radical (unpaired) electrons. The van der Waals surface area contributed by atoms with Crippen LogP contribution in [0.25, 0.3) is 6.08 Å². The summed E-state index contributed by atoms with van der Waals surface area (Å²) in [5, 5.41) is 3.37. The van der Waals surface area contributed by atoms with Crippen LogP contribution < -0.4 is 10.1 Å². The Morgan fingerprint density at radius 2 is 1.78 bits per heavy atom. The number of methoxy groups -OCH3 is 1. The smallest absolute Gasteiger partial charge is 0.264 e. The van der Waals surface area contributed by atoms with Crippen molar-refractivity contribution in [2.75, 3.05) is 7.11 Å². The number of carbonyl (C=O) groups excluding carboxylic acids is 1. The first-order chi connectivity index (χ1) is 11.1. The summed E-state index contributed by atoms with van der Waals surface area (Å²) >= 11 is 1.34. The first-order valence-electron chi connectivity index (χ1n) is 7.14. The van der Waals surface area contributed by atoms with Crippen molar-refractivity contribution in [3.05, 3.63) is 64.6 Å². The Bertz CT molecular complexity index is 778. The molecular weight excluding hydrogens is 308 g/mol. The lowest BCUT2D eigenvalue weighted by Gasteiger charge is -1.99. The topological polar surface area (TPSA) is 50.7 Å². The Morgan fingerprint density at radius 3 is 2.43 bits per heavy atom. The Balaban J connectivity index is 1.78. The van der Waals surface area contributed by atoms with Crippen molar-refractivity contribution in [2.45, 2.75) is 6.92 Å². The first kappa shape index (κ1) is 15.4. The molecule has 1 aliphatic heterocycles. The van der Waals surface area contributed by atoms with Gasteiger partial charge in [-0.1, -0.05) is 29.8 Å². The lowest BCUT2D eigenvalue weighted by molar-refractivity contribution is -0.115. The Kier molecular flexibility index (Phi) is 4.48. The normalized spacial score (nSPS) is 17.6. The van der Waals surface area contributed by atoms with Gasteiger partial charge in [0.25, 0.3) is 5.91 Å². The number of amidine groups is 1. The minimum atomic E-state index is -0.122. The maximum Gasteiger partial charge on any atom is 0.264 e. The summed E-state index contributed by atoms with van der Waals surface area (Å²) in [6, 6.07) is 15.4. The Labute approximate surface area is 139 Å². The third-order valence-electron chi connectivity index (χ3n) is 3.33. The second-order valence-corrected chi connectivity index (χ2v) is 6.12. The lowest BCUT2D eigenvalue weighted by Crippen LogP contribution is -2.19. The van der Waals surface area contributed by atoms with Crippen molar-refractivity contribution < 1.29 is 9.53 Å². The summed E-state index contributed by atoms with van der Waals surface area (Å²) in [5.41, 5.74) is 2.96. The van der Waals surface area contributed by atoms with Crippen molar-refractivity contribution >= 4 is 34.6 Å². The zero-order chi connectivity index (χ0) is 16.2. The van der Waals surface area contributed by atoms with Crippen LogP contribution in [0.1, 0.15) is 11.1 Å². The fourth-order valence-electron chi connectivity index (χ4n) is 2.07. The van der Waals surface area contributed by atoms with Crippen LogP contribution in [-0.4, -0.2) is 18.2 Å². The number of rotatable bonds is 3. The molecule has 0 aliphatic carbocycles. The minimum Gasteiger partial charge on any atom is -0.497 e. The number of nitrogens with zero attached hydrogens (tertiary/aromatic N) is 1. The Morgan fingerprint density at radius 1 is 1.09 bits per heavy atom. The summed E-state index contributed by atoms with van der Waals surface area (Å²) in [6.45, 7) is 2.04. The molecule has 23 heavy (non-hydrogen) atoms. The molecule has 0 spiro atoms. The molecule has 0 aromatic heterocycles. The van der Waals surface area contributed by atoms with Crippen molar-refractivity contribution in [3.8, 4) is 5.75 Å². The fraction of sp³-hybridized carbons (Fsp3) is 0.111. The van der Waals surface area contributed by atoms with Gasteiger partial charge in [0, 0.05) is 0 Å². The van der Waals surface area contributed by atoms with Gasteiger partial charge in [0.05, 0.1) is 17.7 Å². The highest BCUT2D eigenvalue weighted by atomic mass is 32.2. The van der Waals surface area contributed by atoms with Gasteiger partial charge in [0.1, 0.15) is 5.75 Å². The van der Waals surface area contributed by atoms with E-state index in [-0.39, 0.29) is 5.91 Å². The van der Waals surface area contributed by atoms with E-state index in [9.17, 15) is 4.79 Å². The number of benzene rings is 2. The van der Waals surface area contributed by atoms with Gasteiger partial charge in [-0.3, -0.25) is 4.79 Å². The molecule has 1 amide bonds. The van der Waals surface area contributed by atoms with Crippen LogP contribution in [0.15, 0.2) is 58.4 Å². The van der Waals surface area contributed by atoms with Crippen molar-refractivity contribution in [1.82, 2.24) is 5.32 Å². The molecule has 0 saturated carbocycles. The first-order valence-corrected chi connectivity index (χ1v) is 7.96. The van der Waals surface area contributed by atoms with E-state index in [4.69, 9.17) is 4.74 Å². The van der Waals surface area contributed by atoms with Gasteiger partial charge >= 0.3 is 0 Å². The lowest BCUT2D eigenvalue weighted by atomic mass is 10.1. The van der Waals surface area contributed by atoms with Crippen molar-refractivity contribution in [1.29, 1.82) is 0 Å². The highest BCUT2D eigenvalue weighted by Gasteiger charge is 2.23. The van der Waals surface area contributed by atoms with E-state index < -0.39 is 0 Å². The fourth-order valence-corrected chi connectivity index (χ4v) is 2.91. The van der Waals surface area contributed by atoms with E-state index >= 15 is 0 Å². The van der Waals surface area contributed by atoms with Crippen molar-refractivity contribution in [3.63, 3.8) is 0 Å². The minimum absolute atomic E-state index is 0.122. The number of thioether (sulfide) groups is 1. The predicted octanol–water partition coefficient (Wildman–Crippen LogP) is 3.90. The maximum absolute atomic E-state index is 12.0. The zero-order valence-electron chi connectivity index (χ0n) is 12.9. The van der Waals surface area contributed by atoms with E-state index in [0.717, 1.165) is 17.0 Å². The van der Waals surface area contributed by atoms with Gasteiger partial charge < -0.3 is 10.1 Å². The molecule has 2 aromatic carbocycles. The molecule has 3 rings (SSSR count). The van der Waals surface area contributed by atoms with Crippen LogP contribution in [0.4, 0.5) is 5.69 Å². The van der Waals surface area contributed by atoms with Gasteiger partial charge in [-0.2, -0.15) is 0 Å². The molecule has 1 fully saturated rings. The number of ether oxygens (including phenoxy) is 1. The van der Waals surface area contributed by atoms with Crippen LogP contribution >= 0.6 is 11.8 Å².